The second-order valence-electron chi connectivity index (χ2n) is 11.4. The molecular weight excluding hydrogens is 583 g/mol. The average Bonchev–Trinajstić information content (AvgIpc) is 3.74. The maximum atomic E-state index is 13.8. The number of aromatic nitrogens is 3. The molecule has 7 nitrogen and oxygen atoms in total. The number of halogens is 7. The van der Waals surface area contributed by atoms with Crippen LogP contribution in [0.3, 0.4) is 0 Å². The second kappa shape index (κ2) is 10.9. The third kappa shape index (κ3) is 5.74. The van der Waals surface area contributed by atoms with E-state index in [1.54, 1.807) is 29.7 Å². The molecule has 4 heterocycles. The number of ether oxygens (including phenoxy) is 1. The molecule has 2 aromatic carbocycles. The van der Waals surface area contributed by atoms with Gasteiger partial charge in [-0.15, -0.1) is 10.2 Å². The van der Waals surface area contributed by atoms with Crippen LogP contribution in [-0.2, 0) is 21.9 Å². The summed E-state index contributed by atoms with van der Waals surface area (Å²) >= 11 is 0. The number of hydrogen-bond donors (Lipinski definition) is 0. The first-order valence-electron chi connectivity index (χ1n) is 13.9. The predicted octanol–water partition coefficient (Wildman–Crippen LogP) is 5.61. The molecule has 1 aromatic heterocycles. The molecule has 43 heavy (non-hydrogen) atoms. The molecule has 6 rings (SSSR count). The summed E-state index contributed by atoms with van der Waals surface area (Å²) in [6.07, 6.45) is -7.36. The van der Waals surface area contributed by atoms with Gasteiger partial charge in [0.15, 0.2) is 0 Å². The van der Waals surface area contributed by atoms with E-state index >= 15 is 0 Å². The number of amides is 1. The summed E-state index contributed by atoms with van der Waals surface area (Å²) in [5, 5.41) is 7.71. The predicted molar refractivity (Wildman–Crippen MR) is 138 cm³/mol. The summed E-state index contributed by atoms with van der Waals surface area (Å²) < 4.78 is 103. The number of rotatable bonds is 6. The minimum Gasteiger partial charge on any atom is -0.368 e. The Morgan fingerprint density at radius 1 is 0.930 bits per heavy atom. The van der Waals surface area contributed by atoms with Crippen molar-refractivity contribution in [3.05, 3.63) is 83.2 Å². The van der Waals surface area contributed by atoms with Gasteiger partial charge in [0.05, 0.1) is 29.4 Å². The standard InChI is InChI=1S/C29H28F7N5O2/c1-16(18-8-19(28(31,32)33)10-20(9-18)29(34,35)36)43-25-13-41-23(26(25)17-2-4-21(30)5-3-17)11-24(27(41)42)39-7-6-22(12-39)40-14-37-38-15-40/h2-5,8-10,14-16,22-26H,6-7,11-13H2,1H3/t16-,22-,23?,24?,25+,26+/m1/s1. The zero-order valence-corrected chi connectivity index (χ0v) is 22.9. The molecule has 3 aromatic rings. The van der Waals surface area contributed by atoms with Crippen LogP contribution in [0, 0.1) is 5.82 Å². The Morgan fingerprint density at radius 3 is 2.16 bits per heavy atom. The molecule has 6 atom stereocenters. The van der Waals surface area contributed by atoms with E-state index in [0.29, 0.717) is 37.2 Å². The number of alkyl halides is 6. The second-order valence-corrected chi connectivity index (χ2v) is 11.4. The maximum Gasteiger partial charge on any atom is 0.416 e. The lowest BCUT2D eigenvalue weighted by Crippen LogP contribution is -2.41. The summed E-state index contributed by atoms with van der Waals surface area (Å²) in [6.45, 7) is 2.81. The highest BCUT2D eigenvalue weighted by atomic mass is 19.4. The summed E-state index contributed by atoms with van der Waals surface area (Å²) in [5.41, 5.74) is -2.47. The molecule has 230 valence electrons. The van der Waals surface area contributed by atoms with E-state index in [0.717, 1.165) is 6.42 Å². The van der Waals surface area contributed by atoms with Crippen molar-refractivity contribution in [3.8, 4) is 0 Å². The molecule has 0 N–H and O–H groups in total. The van der Waals surface area contributed by atoms with Gasteiger partial charge in [-0.1, -0.05) is 12.1 Å². The molecule has 3 saturated heterocycles. The summed E-state index contributed by atoms with van der Waals surface area (Å²) in [7, 11) is 0. The smallest absolute Gasteiger partial charge is 0.368 e. The van der Waals surface area contributed by atoms with Crippen molar-refractivity contribution in [2.75, 3.05) is 19.6 Å². The van der Waals surface area contributed by atoms with Crippen molar-refractivity contribution in [2.24, 2.45) is 0 Å². The third-order valence-electron chi connectivity index (χ3n) is 8.83. The number of carbonyl (C=O) groups excluding carboxylic acids is 1. The van der Waals surface area contributed by atoms with Crippen molar-refractivity contribution in [1.29, 1.82) is 0 Å². The quantitative estimate of drug-likeness (QED) is 0.339. The lowest BCUT2D eigenvalue weighted by molar-refractivity contribution is -0.143. The molecule has 14 heteroatoms. The highest BCUT2D eigenvalue weighted by molar-refractivity contribution is 5.85. The molecule has 0 spiro atoms. The van der Waals surface area contributed by atoms with Gasteiger partial charge in [0.25, 0.3) is 0 Å². The van der Waals surface area contributed by atoms with Crippen LogP contribution in [0.4, 0.5) is 30.7 Å². The van der Waals surface area contributed by atoms with E-state index in [1.165, 1.54) is 19.1 Å². The Kier molecular flexibility index (Phi) is 7.48. The third-order valence-corrected chi connectivity index (χ3v) is 8.83. The monoisotopic (exact) mass is 611 g/mol. The van der Waals surface area contributed by atoms with E-state index in [-0.39, 0.29) is 36.2 Å². The highest BCUT2D eigenvalue weighted by Crippen LogP contribution is 2.46. The number of nitrogens with zero attached hydrogens (tertiary/aromatic N) is 5. The first-order chi connectivity index (χ1) is 20.3. The van der Waals surface area contributed by atoms with Gasteiger partial charge in [-0.25, -0.2) is 4.39 Å². The summed E-state index contributed by atoms with van der Waals surface area (Å²) in [4.78, 5) is 17.5. The minimum atomic E-state index is -4.99. The van der Waals surface area contributed by atoms with Gasteiger partial charge in [0.1, 0.15) is 18.5 Å². The van der Waals surface area contributed by atoms with Gasteiger partial charge in [-0.3, -0.25) is 9.69 Å². The summed E-state index contributed by atoms with van der Waals surface area (Å²) in [5.74, 6) is -1.05. The molecule has 0 aliphatic carbocycles. The Morgan fingerprint density at radius 2 is 1.56 bits per heavy atom. The molecular formula is C29H28F7N5O2. The van der Waals surface area contributed by atoms with E-state index in [2.05, 4.69) is 15.1 Å². The maximum absolute atomic E-state index is 13.8. The summed E-state index contributed by atoms with van der Waals surface area (Å²) in [6, 6.07) is 6.47. The zero-order valence-electron chi connectivity index (χ0n) is 22.9. The first-order valence-corrected chi connectivity index (χ1v) is 13.9. The lowest BCUT2D eigenvalue weighted by atomic mass is 9.87. The van der Waals surface area contributed by atoms with Crippen molar-refractivity contribution in [2.45, 2.75) is 68.4 Å². The van der Waals surface area contributed by atoms with Crippen molar-refractivity contribution in [1.82, 2.24) is 24.6 Å². The highest BCUT2D eigenvalue weighted by Gasteiger charge is 2.54. The molecule has 3 aliphatic heterocycles. The fourth-order valence-corrected chi connectivity index (χ4v) is 6.73. The molecule has 3 aliphatic rings. The van der Waals surface area contributed by atoms with Crippen LogP contribution in [0.2, 0.25) is 0 Å². The van der Waals surface area contributed by atoms with Crippen LogP contribution in [0.25, 0.3) is 0 Å². The van der Waals surface area contributed by atoms with Gasteiger partial charge in [-0.2, -0.15) is 26.3 Å². The van der Waals surface area contributed by atoms with Gasteiger partial charge >= 0.3 is 12.4 Å². The number of likely N-dealkylation sites (tertiary alicyclic amines) is 1. The number of benzene rings is 2. The van der Waals surface area contributed by atoms with Crippen LogP contribution in [-0.4, -0.2) is 68.3 Å². The van der Waals surface area contributed by atoms with Gasteiger partial charge in [0, 0.05) is 37.6 Å². The first kappa shape index (κ1) is 29.5. The molecule has 1 amide bonds. The van der Waals surface area contributed by atoms with Crippen LogP contribution in [0.5, 0.6) is 0 Å². The van der Waals surface area contributed by atoms with Gasteiger partial charge in [0.2, 0.25) is 5.91 Å². The topological polar surface area (TPSA) is 63.5 Å². The molecule has 3 fully saturated rings. The largest absolute Gasteiger partial charge is 0.416 e. The molecule has 0 bridgehead atoms. The normalized spacial score (nSPS) is 27.2. The molecule has 0 radical (unpaired) electrons. The van der Waals surface area contributed by atoms with E-state index in [1.807, 2.05) is 4.57 Å². The Bertz CT molecular complexity index is 1430. The number of hydrogen-bond acceptors (Lipinski definition) is 5. The average molecular weight is 612 g/mol. The lowest BCUT2D eigenvalue weighted by Gasteiger charge is -2.28. The zero-order chi connectivity index (χ0) is 30.7. The van der Waals surface area contributed by atoms with Gasteiger partial charge < -0.3 is 14.2 Å². The number of fused-ring (bicyclic) bond motifs is 1. The SMILES string of the molecule is C[C@@H](O[C@H]1CN2C(=O)C(N3CC[C@@H](n4cnnc4)C3)CC2[C@@H]1c1ccc(F)cc1)c1cc(C(F)(F)F)cc(C(F)(F)F)c1. The van der Waals surface area contributed by atoms with Crippen LogP contribution >= 0.6 is 0 Å². The van der Waals surface area contributed by atoms with E-state index in [4.69, 9.17) is 4.74 Å². The molecule has 2 unspecified atom stereocenters. The Labute approximate surface area is 242 Å². The molecule has 0 saturated carbocycles. The Hall–Kier alpha value is -3.52. The fraction of sp³-hybridized carbons (Fsp3) is 0.483. The van der Waals surface area contributed by atoms with Crippen LogP contribution in [0.1, 0.15) is 60.1 Å². The fourth-order valence-electron chi connectivity index (χ4n) is 6.73. The van der Waals surface area contributed by atoms with Crippen LogP contribution in [0.15, 0.2) is 55.1 Å². The van der Waals surface area contributed by atoms with E-state index in [9.17, 15) is 35.5 Å². The minimum absolute atomic E-state index is 0.0776. The van der Waals surface area contributed by atoms with E-state index < -0.39 is 53.5 Å². The van der Waals surface area contributed by atoms with Crippen LogP contribution < -0.4 is 0 Å². The Balaban J connectivity index is 1.26. The van der Waals surface area contributed by atoms with Crippen molar-refractivity contribution >= 4 is 5.91 Å². The van der Waals surface area contributed by atoms with Gasteiger partial charge in [-0.05, 0) is 61.2 Å². The van der Waals surface area contributed by atoms with Crippen molar-refractivity contribution < 1.29 is 40.3 Å². The van der Waals surface area contributed by atoms with Crippen molar-refractivity contribution in [3.63, 3.8) is 0 Å². The number of carbonyl (C=O) groups is 1.